The maximum absolute atomic E-state index is 12.1. The summed E-state index contributed by atoms with van der Waals surface area (Å²) in [6.07, 6.45) is 5.25. The quantitative estimate of drug-likeness (QED) is 0.620. The smallest absolute Gasteiger partial charge is 0.410 e. The Morgan fingerprint density at radius 3 is 2.95 bits per heavy atom. The highest BCUT2D eigenvalue weighted by Crippen LogP contribution is 2.33. The van der Waals surface area contributed by atoms with E-state index in [9.17, 15) is 9.59 Å². The van der Waals surface area contributed by atoms with Gasteiger partial charge in [-0.05, 0) is 38.8 Å². The Labute approximate surface area is 123 Å². The lowest BCUT2D eigenvalue weighted by Gasteiger charge is -2.24. The Morgan fingerprint density at radius 2 is 2.29 bits per heavy atom. The van der Waals surface area contributed by atoms with E-state index in [0.29, 0.717) is 18.8 Å². The first-order valence-electron chi connectivity index (χ1n) is 6.90. The van der Waals surface area contributed by atoms with Crippen LogP contribution in [0.3, 0.4) is 0 Å². The average Bonchev–Trinajstić information content (AvgIpc) is 2.87. The second-order valence-electron chi connectivity index (χ2n) is 6.05. The zero-order valence-electron chi connectivity index (χ0n) is 12.5. The third-order valence-corrected chi connectivity index (χ3v) is 3.28. The van der Waals surface area contributed by atoms with Gasteiger partial charge in [-0.3, -0.25) is 4.98 Å². The standard InChI is InChI=1S/C15H19N3O3/c1-15(2,3)21-14(20)18-7-5-11(9-18)12-4-6-16-8-13(12)17-10-19/h4,6,8,11H,5,7,9H2,1-3H3. The summed E-state index contributed by atoms with van der Waals surface area (Å²) in [5.41, 5.74) is 0.932. The van der Waals surface area contributed by atoms with Crippen LogP contribution in [0.5, 0.6) is 0 Å². The van der Waals surface area contributed by atoms with Crippen LogP contribution in [0, 0.1) is 0 Å². The summed E-state index contributed by atoms with van der Waals surface area (Å²) >= 11 is 0. The van der Waals surface area contributed by atoms with Crippen molar-refractivity contribution in [1.29, 1.82) is 0 Å². The van der Waals surface area contributed by atoms with E-state index in [1.165, 1.54) is 6.20 Å². The molecule has 1 saturated heterocycles. The number of carbonyl (C=O) groups excluding carboxylic acids is 2. The highest BCUT2D eigenvalue weighted by Gasteiger charge is 2.31. The predicted octanol–water partition coefficient (Wildman–Crippen LogP) is 2.77. The number of ether oxygens (including phenoxy) is 1. The molecule has 0 spiro atoms. The summed E-state index contributed by atoms with van der Waals surface area (Å²) < 4.78 is 5.37. The van der Waals surface area contributed by atoms with Crippen molar-refractivity contribution in [1.82, 2.24) is 9.88 Å². The van der Waals surface area contributed by atoms with Gasteiger partial charge >= 0.3 is 6.09 Å². The molecule has 2 heterocycles. The minimum Gasteiger partial charge on any atom is -0.444 e. The second kappa shape index (κ2) is 6.06. The summed E-state index contributed by atoms with van der Waals surface area (Å²) in [5.74, 6) is 0.132. The molecule has 0 aliphatic carbocycles. The zero-order valence-corrected chi connectivity index (χ0v) is 12.5. The molecule has 1 unspecified atom stereocenters. The van der Waals surface area contributed by atoms with Crippen LogP contribution in [0.2, 0.25) is 0 Å². The van der Waals surface area contributed by atoms with E-state index in [0.717, 1.165) is 12.0 Å². The number of aromatic nitrogens is 1. The van der Waals surface area contributed by atoms with E-state index in [4.69, 9.17) is 4.74 Å². The van der Waals surface area contributed by atoms with Crippen molar-refractivity contribution >= 4 is 17.9 Å². The Hall–Kier alpha value is -2.20. The minimum absolute atomic E-state index is 0.132. The highest BCUT2D eigenvalue weighted by atomic mass is 16.6. The van der Waals surface area contributed by atoms with Gasteiger partial charge in [-0.2, -0.15) is 4.99 Å². The van der Waals surface area contributed by atoms with Crippen LogP contribution in [0.25, 0.3) is 0 Å². The van der Waals surface area contributed by atoms with Crippen LogP contribution in [0.4, 0.5) is 10.5 Å². The van der Waals surface area contributed by atoms with Crippen LogP contribution in [-0.2, 0) is 9.53 Å². The largest absolute Gasteiger partial charge is 0.444 e. The van der Waals surface area contributed by atoms with Crippen LogP contribution >= 0.6 is 0 Å². The van der Waals surface area contributed by atoms with Gasteiger partial charge in [0.25, 0.3) is 0 Å². The van der Waals surface area contributed by atoms with Crippen molar-refractivity contribution < 1.29 is 14.3 Å². The molecular weight excluding hydrogens is 270 g/mol. The summed E-state index contributed by atoms with van der Waals surface area (Å²) in [6.45, 7) is 6.72. The molecule has 6 nitrogen and oxygen atoms in total. The fourth-order valence-corrected chi connectivity index (χ4v) is 2.39. The molecule has 0 N–H and O–H groups in total. The van der Waals surface area contributed by atoms with E-state index in [-0.39, 0.29) is 12.0 Å². The molecule has 1 fully saturated rings. The molecule has 0 radical (unpaired) electrons. The van der Waals surface area contributed by atoms with Crippen molar-refractivity contribution in [2.24, 2.45) is 4.99 Å². The van der Waals surface area contributed by atoms with Gasteiger partial charge in [-0.1, -0.05) is 0 Å². The number of nitrogens with zero attached hydrogens (tertiary/aromatic N) is 3. The Bertz CT molecular complexity index is 574. The first-order chi connectivity index (χ1) is 9.90. The van der Waals surface area contributed by atoms with E-state index >= 15 is 0 Å². The first-order valence-corrected chi connectivity index (χ1v) is 6.90. The third-order valence-electron chi connectivity index (χ3n) is 3.28. The fourth-order valence-electron chi connectivity index (χ4n) is 2.39. The number of hydrogen-bond acceptors (Lipinski definition) is 5. The van der Waals surface area contributed by atoms with E-state index in [1.807, 2.05) is 26.8 Å². The maximum Gasteiger partial charge on any atom is 0.410 e. The molecule has 0 saturated carbocycles. The molecule has 1 aromatic rings. The second-order valence-corrected chi connectivity index (χ2v) is 6.05. The van der Waals surface area contributed by atoms with Crippen molar-refractivity contribution in [3.8, 4) is 0 Å². The van der Waals surface area contributed by atoms with Gasteiger partial charge in [0.05, 0.1) is 11.9 Å². The summed E-state index contributed by atoms with van der Waals surface area (Å²) in [7, 11) is 0. The molecule has 1 aromatic heterocycles. The predicted molar refractivity (Wildman–Crippen MR) is 77.2 cm³/mol. The van der Waals surface area contributed by atoms with Gasteiger partial charge in [-0.15, -0.1) is 0 Å². The Kier molecular flexibility index (Phi) is 4.38. The number of aliphatic imine (C=N–C) groups is 1. The summed E-state index contributed by atoms with van der Waals surface area (Å²) in [4.78, 5) is 31.8. The number of pyridine rings is 1. The number of isocyanates is 1. The fraction of sp³-hybridized carbons (Fsp3) is 0.533. The SMILES string of the molecule is CC(C)(C)OC(=O)N1CCC(c2ccncc2N=C=O)C1. The molecule has 6 heteroatoms. The number of likely N-dealkylation sites (tertiary alicyclic amines) is 1. The lowest BCUT2D eigenvalue weighted by atomic mass is 9.98. The van der Waals surface area contributed by atoms with Crippen molar-refractivity contribution in [2.45, 2.75) is 38.7 Å². The van der Waals surface area contributed by atoms with Gasteiger partial charge in [0.2, 0.25) is 6.08 Å². The van der Waals surface area contributed by atoms with Crippen LogP contribution < -0.4 is 0 Å². The molecule has 2 rings (SSSR count). The Balaban J connectivity index is 2.09. The number of amides is 1. The molecule has 21 heavy (non-hydrogen) atoms. The Morgan fingerprint density at radius 1 is 1.52 bits per heavy atom. The summed E-state index contributed by atoms with van der Waals surface area (Å²) in [6, 6.07) is 1.83. The third kappa shape index (κ3) is 3.89. The monoisotopic (exact) mass is 289 g/mol. The van der Waals surface area contributed by atoms with Crippen LogP contribution in [-0.4, -0.2) is 40.7 Å². The molecule has 0 bridgehead atoms. The van der Waals surface area contributed by atoms with Gasteiger partial charge in [0.1, 0.15) is 5.60 Å². The van der Waals surface area contributed by atoms with Crippen molar-refractivity contribution in [3.05, 3.63) is 24.0 Å². The molecule has 1 atom stereocenters. The van der Waals surface area contributed by atoms with Gasteiger partial charge in [0.15, 0.2) is 0 Å². The number of carbonyl (C=O) groups is 1. The van der Waals surface area contributed by atoms with E-state index in [2.05, 4.69) is 9.98 Å². The van der Waals surface area contributed by atoms with Crippen LogP contribution in [0.1, 0.15) is 38.7 Å². The normalized spacial score (nSPS) is 18.2. The number of rotatable bonds is 2. The lowest BCUT2D eigenvalue weighted by molar-refractivity contribution is 0.0292. The highest BCUT2D eigenvalue weighted by molar-refractivity contribution is 5.69. The maximum atomic E-state index is 12.1. The topological polar surface area (TPSA) is 71.9 Å². The first kappa shape index (κ1) is 15.2. The lowest BCUT2D eigenvalue weighted by Crippen LogP contribution is -2.35. The summed E-state index contributed by atoms with van der Waals surface area (Å²) in [5, 5.41) is 0. The minimum atomic E-state index is -0.501. The van der Waals surface area contributed by atoms with Gasteiger partial charge < -0.3 is 9.64 Å². The molecule has 112 valence electrons. The average molecular weight is 289 g/mol. The molecule has 0 aromatic carbocycles. The van der Waals surface area contributed by atoms with Crippen molar-refractivity contribution in [2.75, 3.05) is 13.1 Å². The van der Waals surface area contributed by atoms with Gasteiger partial charge in [0, 0.05) is 25.2 Å². The van der Waals surface area contributed by atoms with Crippen LogP contribution in [0.15, 0.2) is 23.5 Å². The molecule has 1 aliphatic heterocycles. The zero-order chi connectivity index (χ0) is 15.5. The van der Waals surface area contributed by atoms with E-state index < -0.39 is 5.60 Å². The molecule has 1 amide bonds. The number of hydrogen-bond donors (Lipinski definition) is 0. The van der Waals surface area contributed by atoms with Crippen molar-refractivity contribution in [3.63, 3.8) is 0 Å². The van der Waals surface area contributed by atoms with E-state index in [1.54, 1.807) is 17.2 Å². The molecular formula is C15H19N3O3. The molecule has 1 aliphatic rings. The van der Waals surface area contributed by atoms with Gasteiger partial charge in [-0.25, -0.2) is 9.59 Å².